The Labute approximate surface area is 149 Å². The molecular formula is C19H30N4O2. The van der Waals surface area contributed by atoms with Gasteiger partial charge >= 0.3 is 0 Å². The van der Waals surface area contributed by atoms with Crippen LogP contribution in [0.1, 0.15) is 67.2 Å². The number of aromatic nitrogens is 2. The third-order valence-electron chi connectivity index (χ3n) is 6.08. The largest absolute Gasteiger partial charge is 0.381 e. The monoisotopic (exact) mass is 346 g/mol. The van der Waals surface area contributed by atoms with Crippen molar-refractivity contribution < 1.29 is 9.53 Å². The minimum absolute atomic E-state index is 0.0363. The summed E-state index contributed by atoms with van der Waals surface area (Å²) in [6, 6.07) is 3.31. The molecule has 0 bridgehead atoms. The standard InChI is InChI=1S/C19H30N4O2/c1-14-13-18(23(21-14)17-7-11-25-12-8-17)19(24)20-15-5-9-22(10-6-15)16-3-2-4-16/h13,15-17H,2-12H2,1H3,(H,20,24). The Bertz CT molecular complexity index is 597. The SMILES string of the molecule is Cc1cc(C(=O)NC2CCN(C3CCC3)CC2)n(C2CCOCC2)n1. The zero-order chi connectivity index (χ0) is 17.2. The van der Waals surface area contributed by atoms with Crippen molar-refractivity contribution in [2.75, 3.05) is 26.3 Å². The van der Waals surface area contributed by atoms with E-state index in [0.717, 1.165) is 63.7 Å². The van der Waals surface area contributed by atoms with Crippen LogP contribution in [0.25, 0.3) is 0 Å². The molecule has 0 atom stereocenters. The summed E-state index contributed by atoms with van der Waals surface area (Å²) in [5, 5.41) is 7.86. The molecule has 1 N–H and O–H groups in total. The van der Waals surface area contributed by atoms with Crippen molar-refractivity contribution >= 4 is 5.91 Å². The van der Waals surface area contributed by atoms with Crippen molar-refractivity contribution in [2.45, 2.75) is 70.0 Å². The first-order chi connectivity index (χ1) is 12.2. The van der Waals surface area contributed by atoms with Gasteiger partial charge in [0.25, 0.3) is 5.91 Å². The lowest BCUT2D eigenvalue weighted by molar-refractivity contribution is 0.0632. The molecule has 6 nitrogen and oxygen atoms in total. The number of nitrogens with zero attached hydrogens (tertiary/aromatic N) is 3. The van der Waals surface area contributed by atoms with Gasteiger partial charge in [0.15, 0.2) is 0 Å². The predicted molar refractivity (Wildman–Crippen MR) is 95.8 cm³/mol. The molecule has 0 radical (unpaired) electrons. The maximum Gasteiger partial charge on any atom is 0.269 e. The summed E-state index contributed by atoms with van der Waals surface area (Å²) in [4.78, 5) is 15.5. The van der Waals surface area contributed by atoms with E-state index < -0.39 is 0 Å². The molecule has 0 unspecified atom stereocenters. The third-order valence-corrected chi connectivity index (χ3v) is 6.08. The number of amides is 1. The van der Waals surface area contributed by atoms with Crippen LogP contribution in [0.3, 0.4) is 0 Å². The molecule has 4 rings (SSSR count). The fourth-order valence-corrected chi connectivity index (χ4v) is 4.31. The number of aryl methyl sites for hydroxylation is 1. The Balaban J connectivity index is 1.36. The van der Waals surface area contributed by atoms with E-state index in [9.17, 15) is 4.79 Å². The second-order valence-corrected chi connectivity index (χ2v) is 7.83. The molecular weight excluding hydrogens is 316 g/mol. The Morgan fingerprint density at radius 2 is 1.84 bits per heavy atom. The van der Waals surface area contributed by atoms with Crippen molar-refractivity contribution in [3.05, 3.63) is 17.5 Å². The molecule has 3 aliphatic rings. The summed E-state index contributed by atoms with van der Waals surface area (Å²) in [6.45, 7) is 5.71. The number of hydrogen-bond donors (Lipinski definition) is 1. The molecule has 3 heterocycles. The quantitative estimate of drug-likeness (QED) is 0.909. The van der Waals surface area contributed by atoms with E-state index in [1.54, 1.807) is 0 Å². The minimum Gasteiger partial charge on any atom is -0.381 e. The number of nitrogens with one attached hydrogen (secondary N) is 1. The fraction of sp³-hybridized carbons (Fsp3) is 0.789. The first-order valence-corrected chi connectivity index (χ1v) is 9.89. The molecule has 2 aliphatic heterocycles. The second-order valence-electron chi connectivity index (χ2n) is 7.83. The molecule has 0 spiro atoms. The van der Waals surface area contributed by atoms with Gasteiger partial charge in [-0.25, -0.2) is 0 Å². The number of carbonyl (C=O) groups excluding carboxylic acids is 1. The molecule has 2 saturated heterocycles. The van der Waals surface area contributed by atoms with Crippen molar-refractivity contribution in [3.8, 4) is 0 Å². The second kappa shape index (κ2) is 7.46. The molecule has 1 aromatic heterocycles. The summed E-state index contributed by atoms with van der Waals surface area (Å²) in [6.07, 6.45) is 8.10. The van der Waals surface area contributed by atoms with Gasteiger partial charge in [0, 0.05) is 38.4 Å². The zero-order valence-electron chi connectivity index (χ0n) is 15.2. The lowest BCUT2D eigenvalue weighted by atomic mass is 9.89. The van der Waals surface area contributed by atoms with Gasteiger partial charge in [-0.2, -0.15) is 5.10 Å². The zero-order valence-corrected chi connectivity index (χ0v) is 15.2. The lowest BCUT2D eigenvalue weighted by Crippen LogP contribution is -2.50. The highest BCUT2D eigenvalue weighted by atomic mass is 16.5. The van der Waals surface area contributed by atoms with Crippen molar-refractivity contribution in [1.29, 1.82) is 0 Å². The topological polar surface area (TPSA) is 59.4 Å². The first-order valence-electron chi connectivity index (χ1n) is 9.89. The number of ether oxygens (including phenoxy) is 1. The van der Waals surface area contributed by atoms with Crippen LogP contribution in [0.4, 0.5) is 0 Å². The molecule has 6 heteroatoms. The maximum atomic E-state index is 12.9. The summed E-state index contributed by atoms with van der Waals surface area (Å²) in [5.41, 5.74) is 1.63. The number of hydrogen-bond acceptors (Lipinski definition) is 4. The molecule has 138 valence electrons. The predicted octanol–water partition coefficient (Wildman–Crippen LogP) is 2.29. The molecule has 1 aliphatic carbocycles. The normalized spacial score (nSPS) is 24.2. The van der Waals surface area contributed by atoms with E-state index >= 15 is 0 Å². The summed E-state index contributed by atoms with van der Waals surface area (Å²) >= 11 is 0. The van der Waals surface area contributed by atoms with E-state index in [-0.39, 0.29) is 11.9 Å². The van der Waals surface area contributed by atoms with Gasteiger partial charge in [-0.15, -0.1) is 0 Å². The Hall–Kier alpha value is -1.40. The Kier molecular flexibility index (Phi) is 5.08. The van der Waals surface area contributed by atoms with E-state index in [2.05, 4.69) is 15.3 Å². The highest BCUT2D eigenvalue weighted by Gasteiger charge is 2.30. The molecule has 3 fully saturated rings. The van der Waals surface area contributed by atoms with Crippen LogP contribution in [0.2, 0.25) is 0 Å². The summed E-state index contributed by atoms with van der Waals surface area (Å²) in [5.74, 6) is 0.0363. The van der Waals surface area contributed by atoms with Crippen LogP contribution in [-0.4, -0.2) is 59.0 Å². The van der Waals surface area contributed by atoms with Gasteiger partial charge in [-0.1, -0.05) is 6.42 Å². The smallest absolute Gasteiger partial charge is 0.269 e. The van der Waals surface area contributed by atoms with Gasteiger partial charge in [0.1, 0.15) is 5.69 Å². The highest BCUT2D eigenvalue weighted by molar-refractivity contribution is 5.93. The summed E-state index contributed by atoms with van der Waals surface area (Å²) < 4.78 is 7.39. The van der Waals surface area contributed by atoms with Crippen LogP contribution in [0, 0.1) is 6.92 Å². The van der Waals surface area contributed by atoms with Crippen molar-refractivity contribution in [3.63, 3.8) is 0 Å². The molecule has 0 aromatic carbocycles. The van der Waals surface area contributed by atoms with Gasteiger partial charge < -0.3 is 15.0 Å². The highest BCUT2D eigenvalue weighted by Crippen LogP contribution is 2.27. The van der Waals surface area contributed by atoms with Gasteiger partial charge in [0.05, 0.1) is 11.7 Å². The average molecular weight is 346 g/mol. The van der Waals surface area contributed by atoms with Crippen molar-refractivity contribution in [2.24, 2.45) is 0 Å². The van der Waals surface area contributed by atoms with Crippen molar-refractivity contribution in [1.82, 2.24) is 20.0 Å². The Morgan fingerprint density at radius 1 is 1.12 bits per heavy atom. The average Bonchev–Trinajstić information content (AvgIpc) is 2.98. The third kappa shape index (κ3) is 3.75. The minimum atomic E-state index is 0.0363. The van der Waals surface area contributed by atoms with E-state index in [1.165, 1.54) is 19.3 Å². The summed E-state index contributed by atoms with van der Waals surface area (Å²) in [7, 11) is 0. The number of rotatable bonds is 4. The molecule has 25 heavy (non-hydrogen) atoms. The van der Waals surface area contributed by atoms with E-state index in [4.69, 9.17) is 4.74 Å². The van der Waals surface area contributed by atoms with Crippen LogP contribution < -0.4 is 5.32 Å². The molecule has 1 amide bonds. The number of carbonyl (C=O) groups is 1. The van der Waals surface area contributed by atoms with E-state index in [0.29, 0.717) is 11.7 Å². The Morgan fingerprint density at radius 3 is 2.48 bits per heavy atom. The molecule has 1 aromatic rings. The lowest BCUT2D eigenvalue weighted by Gasteiger charge is -2.41. The van der Waals surface area contributed by atoms with Gasteiger partial charge in [-0.3, -0.25) is 9.48 Å². The fourth-order valence-electron chi connectivity index (χ4n) is 4.31. The van der Waals surface area contributed by atoms with Crippen LogP contribution in [0.5, 0.6) is 0 Å². The van der Waals surface area contributed by atoms with Gasteiger partial charge in [0.2, 0.25) is 0 Å². The molecule has 1 saturated carbocycles. The van der Waals surface area contributed by atoms with E-state index in [1.807, 2.05) is 17.7 Å². The number of piperidine rings is 1. The number of likely N-dealkylation sites (tertiary alicyclic amines) is 1. The van der Waals surface area contributed by atoms with Crippen LogP contribution >= 0.6 is 0 Å². The maximum absolute atomic E-state index is 12.9. The van der Waals surface area contributed by atoms with Gasteiger partial charge in [-0.05, 0) is 51.5 Å². The first kappa shape index (κ1) is 17.0. The van der Waals surface area contributed by atoms with Crippen LogP contribution in [0.15, 0.2) is 6.07 Å². The van der Waals surface area contributed by atoms with Crippen LogP contribution in [-0.2, 0) is 4.74 Å².